The van der Waals surface area contributed by atoms with Gasteiger partial charge in [-0.25, -0.2) is 9.03 Å². The highest BCUT2D eigenvalue weighted by Gasteiger charge is 2.30. The van der Waals surface area contributed by atoms with Gasteiger partial charge in [0.1, 0.15) is 11.4 Å². The van der Waals surface area contributed by atoms with E-state index in [1.165, 1.54) is 6.07 Å². The number of nitrogens with one attached hydrogen (secondary N) is 1. The van der Waals surface area contributed by atoms with Crippen LogP contribution in [-0.2, 0) is 16.6 Å². The third-order valence-corrected chi connectivity index (χ3v) is 4.80. The highest BCUT2D eigenvalue weighted by molar-refractivity contribution is 7.91. The fourth-order valence-electron chi connectivity index (χ4n) is 2.37. The number of aromatic hydroxyl groups is 1. The Kier molecular flexibility index (Phi) is 4.76. The van der Waals surface area contributed by atoms with E-state index >= 15 is 0 Å². The van der Waals surface area contributed by atoms with Crippen LogP contribution in [0.4, 0.5) is 5.69 Å². The van der Waals surface area contributed by atoms with Crippen molar-refractivity contribution in [1.29, 1.82) is 0 Å². The molecule has 8 heteroatoms. The van der Waals surface area contributed by atoms with Gasteiger partial charge >= 0.3 is 10.2 Å². The number of aryl methyl sites for hydroxylation is 1. The van der Waals surface area contributed by atoms with Crippen molar-refractivity contribution < 1.29 is 23.7 Å². The van der Waals surface area contributed by atoms with E-state index in [4.69, 9.17) is 0 Å². The van der Waals surface area contributed by atoms with Crippen LogP contribution in [0, 0.1) is 0 Å². The van der Waals surface area contributed by atoms with Gasteiger partial charge < -0.3 is 15.3 Å². The Labute approximate surface area is 136 Å². The molecule has 23 heavy (non-hydrogen) atoms. The molecule has 0 unspecified atom stereocenters. The number of phenolic OH excluding ortho intramolecular Hbond substituents is 1. The zero-order valence-corrected chi connectivity index (χ0v) is 14.0. The first kappa shape index (κ1) is 17.4. The summed E-state index contributed by atoms with van der Waals surface area (Å²) < 4.78 is 26.5. The van der Waals surface area contributed by atoms with E-state index in [0.29, 0.717) is 12.8 Å². The van der Waals surface area contributed by atoms with Gasteiger partial charge in [-0.15, -0.1) is 0 Å². The molecule has 4 N–H and O–H groups in total. The second-order valence-electron chi connectivity index (χ2n) is 6.26. The molecule has 2 rings (SSSR count). The lowest BCUT2D eigenvalue weighted by molar-refractivity contribution is 0.0682. The Morgan fingerprint density at radius 3 is 2.48 bits per heavy atom. The number of hydrogen-bond donors (Lipinski definition) is 4. The number of rotatable bonds is 6. The highest BCUT2D eigenvalue weighted by Crippen LogP contribution is 2.33. The summed E-state index contributed by atoms with van der Waals surface area (Å²) in [6.07, 6.45) is 4.05. The molecule has 0 aliphatic carbocycles. The molecule has 0 saturated carbocycles. The molecular formula is C15H22N2O5S. The third-order valence-electron chi connectivity index (χ3n) is 3.51. The maximum absolute atomic E-state index is 11.9. The number of benzene rings is 1. The molecule has 1 aliphatic rings. The van der Waals surface area contributed by atoms with Gasteiger partial charge in [0.05, 0.1) is 11.8 Å². The van der Waals surface area contributed by atoms with E-state index in [9.17, 15) is 23.7 Å². The van der Waals surface area contributed by atoms with Gasteiger partial charge in [-0.3, -0.25) is 0 Å². The Morgan fingerprint density at radius 2 is 1.91 bits per heavy atom. The van der Waals surface area contributed by atoms with Gasteiger partial charge in [-0.1, -0.05) is 12.5 Å². The van der Waals surface area contributed by atoms with Gasteiger partial charge in [0.25, 0.3) is 0 Å². The van der Waals surface area contributed by atoms with Crippen LogP contribution in [0.3, 0.4) is 0 Å². The standard InChI is InChI=1S/C15H22N2O5S/c1-15(2,20)8-4-3-5-11-6-7-13(18)12(9-11)17-10-14(19)16-23(17,21)22/h6-7,9-10,16,18-20H,3-5,8H2,1-2H3. The van der Waals surface area contributed by atoms with Crippen molar-refractivity contribution in [1.82, 2.24) is 4.72 Å². The van der Waals surface area contributed by atoms with E-state index in [0.717, 1.165) is 28.9 Å². The fourth-order valence-corrected chi connectivity index (χ4v) is 3.43. The fraction of sp³-hybridized carbons (Fsp3) is 0.467. The molecule has 1 aliphatic heterocycles. The quantitative estimate of drug-likeness (QED) is 0.590. The third kappa shape index (κ3) is 4.52. The lowest BCUT2D eigenvalue weighted by Crippen LogP contribution is -2.29. The van der Waals surface area contributed by atoms with Gasteiger partial charge in [-0.05, 0) is 50.8 Å². The molecule has 1 aromatic carbocycles. The minimum atomic E-state index is -3.93. The van der Waals surface area contributed by atoms with Crippen LogP contribution >= 0.6 is 0 Å². The van der Waals surface area contributed by atoms with Crippen molar-refractivity contribution in [3.8, 4) is 5.75 Å². The summed E-state index contributed by atoms with van der Waals surface area (Å²) in [5, 5.41) is 28.9. The van der Waals surface area contributed by atoms with Crippen molar-refractivity contribution in [3.05, 3.63) is 35.8 Å². The Hall–Kier alpha value is -1.93. The molecule has 1 aromatic rings. The van der Waals surface area contributed by atoms with Crippen LogP contribution in [-0.4, -0.2) is 29.3 Å². The normalized spacial score (nSPS) is 17.0. The molecule has 128 valence electrons. The largest absolute Gasteiger partial charge is 0.506 e. The van der Waals surface area contributed by atoms with Gasteiger partial charge in [0.15, 0.2) is 0 Å². The predicted molar refractivity (Wildman–Crippen MR) is 87.2 cm³/mol. The van der Waals surface area contributed by atoms with Crippen molar-refractivity contribution in [3.63, 3.8) is 0 Å². The monoisotopic (exact) mass is 342 g/mol. The van der Waals surface area contributed by atoms with E-state index in [2.05, 4.69) is 0 Å². The summed E-state index contributed by atoms with van der Waals surface area (Å²) in [4.78, 5) is 0. The number of nitrogens with zero attached hydrogens (tertiary/aromatic N) is 1. The summed E-state index contributed by atoms with van der Waals surface area (Å²) in [5.74, 6) is -0.693. The first-order valence-corrected chi connectivity index (χ1v) is 8.80. The molecule has 0 amide bonds. The zero-order chi connectivity index (χ0) is 17.3. The number of aliphatic hydroxyl groups excluding tert-OH is 1. The van der Waals surface area contributed by atoms with Crippen molar-refractivity contribution >= 4 is 15.9 Å². The van der Waals surface area contributed by atoms with Crippen LogP contribution in [0.1, 0.15) is 38.7 Å². The molecule has 0 saturated heterocycles. The SMILES string of the molecule is CC(C)(O)CCCCc1ccc(O)c(N2C=C(O)NS2(=O)=O)c1. The van der Waals surface area contributed by atoms with E-state index in [1.807, 2.05) is 4.72 Å². The summed E-state index contributed by atoms with van der Waals surface area (Å²) in [7, 11) is -3.93. The van der Waals surface area contributed by atoms with Crippen LogP contribution in [0.2, 0.25) is 0 Å². The van der Waals surface area contributed by atoms with E-state index < -0.39 is 21.7 Å². The second-order valence-corrected chi connectivity index (χ2v) is 7.81. The maximum atomic E-state index is 11.9. The molecule has 0 radical (unpaired) electrons. The first-order valence-electron chi connectivity index (χ1n) is 7.36. The first-order chi connectivity index (χ1) is 10.6. The summed E-state index contributed by atoms with van der Waals surface area (Å²) in [6, 6.07) is 4.73. The summed E-state index contributed by atoms with van der Waals surface area (Å²) in [5.41, 5.74) is 0.252. The second kappa shape index (κ2) is 6.29. The molecule has 0 bridgehead atoms. The maximum Gasteiger partial charge on any atom is 0.330 e. The lowest BCUT2D eigenvalue weighted by atomic mass is 9.99. The van der Waals surface area contributed by atoms with Crippen molar-refractivity contribution in [2.45, 2.75) is 45.1 Å². The number of unbranched alkanes of at least 4 members (excludes halogenated alkanes) is 1. The molecule has 0 fully saturated rings. The van der Waals surface area contributed by atoms with Crippen molar-refractivity contribution in [2.24, 2.45) is 0 Å². The molecule has 0 atom stereocenters. The average Bonchev–Trinajstić information content (AvgIpc) is 2.68. The molecule has 0 spiro atoms. The number of aliphatic hydroxyl groups is 2. The Balaban J connectivity index is 2.11. The van der Waals surface area contributed by atoms with Gasteiger partial charge in [0, 0.05) is 0 Å². The minimum absolute atomic E-state index is 0.0848. The van der Waals surface area contributed by atoms with Crippen LogP contribution in [0.5, 0.6) is 5.75 Å². The molecule has 1 heterocycles. The number of anilines is 1. The van der Waals surface area contributed by atoms with Crippen LogP contribution in [0.25, 0.3) is 0 Å². The highest BCUT2D eigenvalue weighted by atomic mass is 32.2. The smallest absolute Gasteiger partial charge is 0.330 e. The van der Waals surface area contributed by atoms with Gasteiger partial charge in [-0.2, -0.15) is 8.42 Å². The van der Waals surface area contributed by atoms with Gasteiger partial charge in [0.2, 0.25) is 5.88 Å². The molecular weight excluding hydrogens is 320 g/mol. The lowest BCUT2D eigenvalue weighted by Gasteiger charge is -2.17. The Morgan fingerprint density at radius 1 is 1.22 bits per heavy atom. The van der Waals surface area contributed by atoms with Crippen molar-refractivity contribution in [2.75, 3.05) is 4.31 Å². The number of hydrogen-bond acceptors (Lipinski definition) is 5. The van der Waals surface area contributed by atoms with Crippen LogP contribution in [0.15, 0.2) is 30.3 Å². The van der Waals surface area contributed by atoms with E-state index in [-0.39, 0.29) is 11.4 Å². The topological polar surface area (TPSA) is 110 Å². The Bertz CT molecular complexity index is 707. The van der Waals surface area contributed by atoms with E-state index in [1.54, 1.807) is 26.0 Å². The summed E-state index contributed by atoms with van der Waals surface area (Å²) in [6.45, 7) is 3.52. The predicted octanol–water partition coefficient (Wildman–Crippen LogP) is 1.89. The van der Waals surface area contributed by atoms with Crippen LogP contribution < -0.4 is 9.03 Å². The zero-order valence-electron chi connectivity index (χ0n) is 13.2. The molecule has 7 nitrogen and oxygen atoms in total. The number of phenols is 1. The minimum Gasteiger partial charge on any atom is -0.506 e. The summed E-state index contributed by atoms with van der Waals surface area (Å²) >= 11 is 0. The molecule has 0 aromatic heterocycles. The average molecular weight is 342 g/mol.